The molecule has 0 aliphatic heterocycles. The number of aliphatic hydroxyl groups excluding tert-OH is 8. The summed E-state index contributed by atoms with van der Waals surface area (Å²) in [5.41, 5.74) is -0.748. The average Bonchev–Trinajstić information content (AvgIpc) is 3.20. The predicted molar refractivity (Wildman–Crippen MR) is 263 cm³/mol. The number of nitrogens with zero attached hydrogens (tertiary/aromatic N) is 3. The van der Waals surface area contributed by atoms with Crippen LogP contribution in [0.25, 0.3) is 0 Å². The Morgan fingerprint density at radius 2 is 1.02 bits per heavy atom. The van der Waals surface area contributed by atoms with E-state index in [4.69, 9.17) is 0 Å². The van der Waals surface area contributed by atoms with Crippen LogP contribution in [0.5, 0.6) is 0 Å². The van der Waals surface area contributed by atoms with E-state index in [1.807, 2.05) is 0 Å². The lowest BCUT2D eigenvalue weighted by Crippen LogP contribution is -2.47. The van der Waals surface area contributed by atoms with E-state index in [2.05, 4.69) is 16.0 Å². The third-order valence-electron chi connectivity index (χ3n) is 7.98. The van der Waals surface area contributed by atoms with Crippen LogP contribution in [0, 0.1) is 21.4 Å². The molecule has 0 saturated heterocycles. The summed E-state index contributed by atoms with van der Waals surface area (Å²) < 4.78 is 0.549. The van der Waals surface area contributed by atoms with E-state index in [0.717, 1.165) is 9.80 Å². The number of likely N-dealkylation sites (N-methyl/N-ethyl adjacent to an activating group) is 1. The molecule has 0 aliphatic carbocycles. The molecule has 0 aliphatic rings. The zero-order valence-corrected chi connectivity index (χ0v) is 44.0. The van der Waals surface area contributed by atoms with E-state index in [0.29, 0.717) is 5.06 Å². The van der Waals surface area contributed by atoms with Crippen molar-refractivity contribution in [2.75, 3.05) is 83.4 Å². The fourth-order valence-corrected chi connectivity index (χ4v) is 13.8. The predicted octanol–water partition coefficient (Wildman–Crippen LogP) is -0.599. The average molecular weight is 1520 g/mol. The molecule has 0 aromatic heterocycles. The number of carbonyl (C=O) groups excluding carboxylic acids is 6. The van der Waals surface area contributed by atoms with Crippen molar-refractivity contribution in [3.8, 4) is 0 Å². The minimum absolute atomic E-state index is 0.0192. The topological polar surface area (TPSA) is 330 Å². The van der Waals surface area contributed by atoms with Gasteiger partial charge in [-0.1, -0.05) is 0 Å². The van der Waals surface area contributed by atoms with Crippen LogP contribution in [0.4, 0.5) is 11.4 Å². The fraction of sp³-hybridized carbons (Fsp3) is 0.455. The van der Waals surface area contributed by atoms with Crippen molar-refractivity contribution in [3.05, 3.63) is 43.7 Å². The number of benzene rings is 2. The summed E-state index contributed by atoms with van der Waals surface area (Å²) in [5.74, 6) is -5.26. The Hall–Kier alpha value is -0.720. The van der Waals surface area contributed by atoms with Gasteiger partial charge in [0, 0.05) is 47.0 Å². The van der Waals surface area contributed by atoms with E-state index >= 15 is 0 Å². The fourth-order valence-electron chi connectivity index (χ4n) is 5.10. The second kappa shape index (κ2) is 26.3. The molecule has 2 rings (SSSR count). The third-order valence-corrected chi connectivity index (χ3v) is 14.5. The van der Waals surface area contributed by atoms with Crippen molar-refractivity contribution in [1.29, 1.82) is 0 Å². The molecule has 0 saturated carbocycles. The maximum Gasteiger partial charge on any atom is 0.279 e. The lowest BCUT2D eigenvalue weighted by Gasteiger charge is -2.31. The molecule has 2 aromatic carbocycles. The van der Waals surface area contributed by atoms with E-state index in [1.54, 1.807) is 136 Å². The van der Waals surface area contributed by atoms with E-state index < -0.39 is 99.8 Å². The number of aliphatic hydroxyl groups is 8. The maximum atomic E-state index is 14.5. The Bertz CT molecular complexity index is 1950. The van der Waals surface area contributed by atoms with E-state index in [9.17, 15) is 74.8 Å². The summed E-state index contributed by atoms with van der Waals surface area (Å²) in [6.07, 6.45) is -4.43. The van der Waals surface area contributed by atoms with Crippen LogP contribution in [0.3, 0.4) is 0 Å². The number of nitrogens with one attached hydrogen (secondary N) is 3. The largest absolute Gasteiger partial charge is 0.396 e. The molecule has 2 aromatic rings. The van der Waals surface area contributed by atoms with Crippen molar-refractivity contribution < 1.29 is 74.8 Å². The van der Waals surface area contributed by atoms with Gasteiger partial charge in [0.2, 0.25) is 11.8 Å². The second-order valence-corrected chi connectivity index (χ2v) is 19.0. The zero-order valence-electron chi connectivity index (χ0n) is 31.1. The number of amides is 6. The van der Waals surface area contributed by atoms with E-state index in [-0.39, 0.29) is 81.2 Å². The molecule has 0 spiro atoms. The Morgan fingerprint density at radius 3 is 1.48 bits per heavy atom. The SMILES string of the molecule is CN(CC(O)CN(CC(O)CO)C(=O)c1c(I)c(NC(=O)CO)c(I)c(C(=O)NCC(O)CO)c1I)C(=O)c1c(I)c(NC(=O)CO)c(I)c(C(=O)N(O)CCCO)c1I. The quantitative estimate of drug-likeness (QED) is 0.0422. The highest BCUT2D eigenvalue weighted by Gasteiger charge is 2.35. The van der Waals surface area contributed by atoms with Crippen LogP contribution in [-0.4, -0.2) is 187 Å². The van der Waals surface area contributed by atoms with Gasteiger partial charge in [-0.25, -0.2) is 5.06 Å². The summed E-state index contributed by atoms with van der Waals surface area (Å²) in [7, 11) is 1.29. The first-order valence-corrected chi connectivity index (χ1v) is 23.5. The monoisotopic (exact) mass is 1520 g/mol. The van der Waals surface area contributed by atoms with Gasteiger partial charge in [-0.15, -0.1) is 0 Å². The van der Waals surface area contributed by atoms with E-state index in [1.165, 1.54) is 7.05 Å². The lowest BCUT2D eigenvalue weighted by molar-refractivity contribution is -0.119. The molecule has 12 N–H and O–H groups in total. The van der Waals surface area contributed by atoms with Gasteiger partial charge in [-0.2, -0.15) is 0 Å². The standard InChI is InChI=1S/C33H40I6N6O15/c1-43(31(57)19-23(35)21(33(59)45(60)3-2-4-46)27(39)29(25(19)37)42-17(55)12-50)6-14(52)7-44(8-15(53)10-48)32(58)20-22(34)18(30(56)40-5-13(51)9-47)24(36)28(26(20)38)41-16(54)11-49/h13-15,46-53,60H,2-12H2,1H3,(H,40,56)(H,41,54)(H,42,55). The van der Waals surface area contributed by atoms with Crippen LogP contribution in [0.15, 0.2) is 0 Å². The summed E-state index contributed by atoms with van der Waals surface area (Å²) >= 11 is 10.4. The van der Waals surface area contributed by atoms with Gasteiger partial charge in [0.15, 0.2) is 0 Å². The highest BCUT2D eigenvalue weighted by atomic mass is 127. The summed E-state index contributed by atoms with van der Waals surface area (Å²) in [5, 5.41) is 96.8. The highest BCUT2D eigenvalue weighted by Crippen LogP contribution is 2.38. The Morgan fingerprint density at radius 1 is 0.583 bits per heavy atom. The number of hydrogen-bond acceptors (Lipinski definition) is 15. The van der Waals surface area contributed by atoms with Crippen LogP contribution in [0.2, 0.25) is 0 Å². The van der Waals surface area contributed by atoms with Crippen molar-refractivity contribution >= 4 is 182 Å². The molecular formula is C33H40I6N6O15. The second-order valence-electron chi connectivity index (χ2n) is 12.5. The molecular weight excluding hydrogens is 1480 g/mol. The van der Waals surface area contributed by atoms with Crippen molar-refractivity contribution in [2.45, 2.75) is 24.7 Å². The number of hydrogen-bond donors (Lipinski definition) is 12. The highest BCUT2D eigenvalue weighted by molar-refractivity contribution is 14.1. The minimum Gasteiger partial charge on any atom is -0.396 e. The molecule has 334 valence electrons. The molecule has 0 bridgehead atoms. The molecule has 27 heteroatoms. The number of halogens is 6. The van der Waals surface area contributed by atoms with Gasteiger partial charge in [-0.05, 0) is 142 Å². The number of anilines is 2. The molecule has 0 radical (unpaired) electrons. The normalized spacial score (nSPS) is 12.6. The third kappa shape index (κ3) is 14.4. The maximum absolute atomic E-state index is 14.5. The van der Waals surface area contributed by atoms with Gasteiger partial charge in [0.05, 0.1) is 86.0 Å². The Labute approximate surface area is 424 Å². The number of hydroxylamine groups is 2. The van der Waals surface area contributed by atoms with Gasteiger partial charge in [0.25, 0.3) is 23.6 Å². The molecule has 3 atom stereocenters. The summed E-state index contributed by atoms with van der Waals surface area (Å²) in [6.45, 7) is -6.06. The summed E-state index contributed by atoms with van der Waals surface area (Å²) in [6, 6.07) is 0. The van der Waals surface area contributed by atoms with Crippen LogP contribution < -0.4 is 16.0 Å². The Balaban J connectivity index is 2.67. The molecule has 3 unspecified atom stereocenters. The smallest absolute Gasteiger partial charge is 0.279 e. The minimum atomic E-state index is -1.58. The number of carbonyl (C=O) groups is 6. The van der Waals surface area contributed by atoms with Crippen molar-refractivity contribution in [1.82, 2.24) is 20.2 Å². The lowest BCUT2D eigenvalue weighted by atomic mass is 10.1. The first kappa shape index (κ1) is 55.4. The first-order chi connectivity index (χ1) is 28.1. The molecule has 21 nitrogen and oxygen atoms in total. The van der Waals surface area contributed by atoms with Crippen LogP contribution >= 0.6 is 136 Å². The summed E-state index contributed by atoms with van der Waals surface area (Å²) in [4.78, 5) is 82.1. The first-order valence-electron chi connectivity index (χ1n) is 17.1. The van der Waals surface area contributed by atoms with Crippen LogP contribution in [-0.2, 0) is 9.59 Å². The Kier molecular flexibility index (Phi) is 24.3. The van der Waals surface area contributed by atoms with Gasteiger partial charge in [-0.3, -0.25) is 34.0 Å². The van der Waals surface area contributed by atoms with Gasteiger partial charge in [0.1, 0.15) is 13.2 Å². The number of rotatable bonds is 21. The van der Waals surface area contributed by atoms with Gasteiger partial charge >= 0.3 is 0 Å². The molecule has 6 amide bonds. The van der Waals surface area contributed by atoms with Crippen LogP contribution in [0.1, 0.15) is 47.9 Å². The molecule has 0 heterocycles. The zero-order chi connectivity index (χ0) is 45.8. The van der Waals surface area contributed by atoms with Gasteiger partial charge < -0.3 is 66.6 Å². The van der Waals surface area contributed by atoms with Crippen molar-refractivity contribution in [2.24, 2.45) is 0 Å². The molecule has 0 fully saturated rings. The molecule has 60 heavy (non-hydrogen) atoms. The van der Waals surface area contributed by atoms with Crippen molar-refractivity contribution in [3.63, 3.8) is 0 Å².